The maximum Gasteiger partial charge on any atom is -0.0313 e. The van der Waals surface area contributed by atoms with Gasteiger partial charge in [0.05, 0.1) is 0 Å². The van der Waals surface area contributed by atoms with E-state index in [2.05, 4.69) is 25.3 Å². The lowest BCUT2D eigenvalue weighted by Crippen LogP contribution is -1.62. The molecule has 0 aromatic rings. The summed E-state index contributed by atoms with van der Waals surface area (Å²) in [6.07, 6.45) is 17.8. The van der Waals surface area contributed by atoms with Gasteiger partial charge in [-0.05, 0) is 12.8 Å². The lowest BCUT2D eigenvalue weighted by molar-refractivity contribution is 1.05. The van der Waals surface area contributed by atoms with Crippen LogP contribution in [0.4, 0.5) is 0 Å². The fourth-order valence-electron chi connectivity index (χ4n) is 0.702. The molecule has 0 aliphatic heterocycles. The molecule has 0 amide bonds. The van der Waals surface area contributed by atoms with Crippen molar-refractivity contribution in [1.82, 2.24) is 0 Å². The van der Waals surface area contributed by atoms with E-state index in [-0.39, 0.29) is 0 Å². The Labute approximate surface area is 75.3 Å². The van der Waals surface area contributed by atoms with Gasteiger partial charge in [0.2, 0.25) is 0 Å². The van der Waals surface area contributed by atoms with E-state index in [1.807, 2.05) is 24.3 Å². The maximum atomic E-state index is 3.59. The van der Waals surface area contributed by atoms with Crippen molar-refractivity contribution < 1.29 is 0 Å². The van der Waals surface area contributed by atoms with Gasteiger partial charge < -0.3 is 0 Å². The predicted molar refractivity (Wildman–Crippen MR) is 57.0 cm³/mol. The molecule has 0 atom stereocenters. The molecule has 0 saturated heterocycles. The number of rotatable bonds is 6. The lowest BCUT2D eigenvalue weighted by Gasteiger charge is -1.83. The Morgan fingerprint density at radius 1 is 0.667 bits per heavy atom. The average molecular weight is 160 g/mol. The van der Waals surface area contributed by atoms with Crippen molar-refractivity contribution in [2.24, 2.45) is 0 Å². The quantitative estimate of drug-likeness (QED) is 0.409. The summed E-state index contributed by atoms with van der Waals surface area (Å²) >= 11 is 0. The molecule has 0 bridgehead atoms. The van der Waals surface area contributed by atoms with Crippen molar-refractivity contribution in [2.45, 2.75) is 12.8 Å². The molecule has 0 aliphatic rings. The molecular weight excluding hydrogens is 144 g/mol. The van der Waals surface area contributed by atoms with Crippen LogP contribution in [0.1, 0.15) is 12.8 Å². The number of hydrogen-bond acceptors (Lipinski definition) is 0. The molecule has 0 heterocycles. The standard InChI is InChI=1S/C12H16/c1-3-5-7-9-11-12-10-8-6-4-2/h3-9,11H,1-2,10,12H2. The first-order valence-corrected chi connectivity index (χ1v) is 4.13. The third-order valence-electron chi connectivity index (χ3n) is 1.27. The minimum Gasteiger partial charge on any atom is -0.0991 e. The van der Waals surface area contributed by atoms with Gasteiger partial charge in [-0.25, -0.2) is 0 Å². The van der Waals surface area contributed by atoms with Crippen molar-refractivity contribution >= 4 is 0 Å². The van der Waals surface area contributed by atoms with Crippen molar-refractivity contribution in [1.29, 1.82) is 0 Å². The Morgan fingerprint density at radius 2 is 1.25 bits per heavy atom. The third kappa shape index (κ3) is 8.70. The van der Waals surface area contributed by atoms with E-state index in [1.54, 1.807) is 12.2 Å². The van der Waals surface area contributed by atoms with Gasteiger partial charge in [0.1, 0.15) is 0 Å². The van der Waals surface area contributed by atoms with E-state index in [0.717, 1.165) is 12.8 Å². The highest BCUT2D eigenvalue weighted by Crippen LogP contribution is 1.93. The van der Waals surface area contributed by atoms with Gasteiger partial charge in [-0.3, -0.25) is 0 Å². The molecule has 0 aliphatic carbocycles. The fourth-order valence-corrected chi connectivity index (χ4v) is 0.702. The highest BCUT2D eigenvalue weighted by molar-refractivity contribution is 5.09. The highest BCUT2D eigenvalue weighted by atomic mass is 13.8. The maximum absolute atomic E-state index is 3.59. The van der Waals surface area contributed by atoms with E-state index >= 15 is 0 Å². The van der Waals surface area contributed by atoms with Gasteiger partial charge in [0.25, 0.3) is 0 Å². The van der Waals surface area contributed by atoms with Crippen LogP contribution in [0, 0.1) is 0 Å². The van der Waals surface area contributed by atoms with E-state index in [0.29, 0.717) is 0 Å². The second kappa shape index (κ2) is 9.70. The van der Waals surface area contributed by atoms with Gasteiger partial charge in [-0.1, -0.05) is 61.8 Å². The minimum absolute atomic E-state index is 1.07. The first-order chi connectivity index (χ1) is 5.91. The molecular formula is C12H16. The molecule has 0 nitrogen and oxygen atoms in total. The monoisotopic (exact) mass is 160 g/mol. The van der Waals surface area contributed by atoms with Crippen LogP contribution < -0.4 is 0 Å². The van der Waals surface area contributed by atoms with Crippen LogP contribution in [-0.4, -0.2) is 0 Å². The predicted octanol–water partition coefficient (Wildman–Crippen LogP) is 3.81. The zero-order valence-electron chi connectivity index (χ0n) is 7.45. The van der Waals surface area contributed by atoms with E-state index in [4.69, 9.17) is 0 Å². The molecule has 0 aromatic heterocycles. The first-order valence-electron chi connectivity index (χ1n) is 4.13. The summed E-state index contributed by atoms with van der Waals surface area (Å²) < 4.78 is 0. The normalized spacial score (nSPS) is 11.7. The highest BCUT2D eigenvalue weighted by Gasteiger charge is 1.72. The molecule has 0 saturated carbocycles. The molecule has 0 unspecified atom stereocenters. The molecule has 64 valence electrons. The number of allylic oxidation sites excluding steroid dienone is 8. The van der Waals surface area contributed by atoms with E-state index < -0.39 is 0 Å². The van der Waals surface area contributed by atoms with Crippen LogP contribution in [0.3, 0.4) is 0 Å². The molecule has 0 heteroatoms. The number of hydrogen-bond donors (Lipinski definition) is 0. The van der Waals surface area contributed by atoms with E-state index in [1.165, 1.54) is 0 Å². The molecule has 0 aromatic carbocycles. The van der Waals surface area contributed by atoms with Crippen LogP contribution in [-0.2, 0) is 0 Å². The summed E-state index contributed by atoms with van der Waals surface area (Å²) in [5, 5.41) is 0. The van der Waals surface area contributed by atoms with Gasteiger partial charge in [-0.2, -0.15) is 0 Å². The van der Waals surface area contributed by atoms with Gasteiger partial charge in [-0.15, -0.1) is 0 Å². The number of unbranched alkanes of at least 4 members (excludes halogenated alkanes) is 1. The Balaban J connectivity index is 3.35. The van der Waals surface area contributed by atoms with Crippen LogP contribution in [0.5, 0.6) is 0 Å². The summed E-state index contributed by atoms with van der Waals surface area (Å²) in [6.45, 7) is 7.17. The zero-order chi connectivity index (χ0) is 9.07. The SMILES string of the molecule is C=CC=CC=CCCC=CC=C. The second-order valence-electron chi connectivity index (χ2n) is 2.29. The van der Waals surface area contributed by atoms with Gasteiger partial charge >= 0.3 is 0 Å². The van der Waals surface area contributed by atoms with Crippen molar-refractivity contribution in [3.8, 4) is 0 Å². The Morgan fingerprint density at radius 3 is 1.83 bits per heavy atom. The summed E-state index contributed by atoms with van der Waals surface area (Å²) in [5.41, 5.74) is 0. The molecule has 12 heavy (non-hydrogen) atoms. The smallest absolute Gasteiger partial charge is 0.0313 e. The molecule has 0 N–H and O–H groups in total. The summed E-state index contributed by atoms with van der Waals surface area (Å²) in [6, 6.07) is 0. The van der Waals surface area contributed by atoms with Crippen LogP contribution >= 0.6 is 0 Å². The zero-order valence-corrected chi connectivity index (χ0v) is 7.45. The Kier molecular flexibility index (Phi) is 8.65. The summed E-state index contributed by atoms with van der Waals surface area (Å²) in [7, 11) is 0. The van der Waals surface area contributed by atoms with Crippen LogP contribution in [0.25, 0.3) is 0 Å². The molecule has 0 fully saturated rings. The topological polar surface area (TPSA) is 0 Å². The Bertz CT molecular complexity index is 192. The first kappa shape index (κ1) is 10.7. The van der Waals surface area contributed by atoms with Gasteiger partial charge in [0, 0.05) is 0 Å². The minimum atomic E-state index is 1.07. The van der Waals surface area contributed by atoms with Gasteiger partial charge in [0.15, 0.2) is 0 Å². The molecule has 0 spiro atoms. The lowest BCUT2D eigenvalue weighted by atomic mass is 10.2. The largest absolute Gasteiger partial charge is 0.0991 e. The summed E-state index contributed by atoms with van der Waals surface area (Å²) in [5.74, 6) is 0. The van der Waals surface area contributed by atoms with Crippen molar-refractivity contribution in [3.63, 3.8) is 0 Å². The third-order valence-corrected chi connectivity index (χ3v) is 1.27. The van der Waals surface area contributed by atoms with E-state index in [9.17, 15) is 0 Å². The average Bonchev–Trinajstić information content (AvgIpc) is 2.10. The Hall–Kier alpha value is -1.30. The molecule has 0 rings (SSSR count). The fraction of sp³-hybridized carbons (Fsp3) is 0.167. The molecule has 0 radical (unpaired) electrons. The van der Waals surface area contributed by atoms with Crippen LogP contribution in [0.15, 0.2) is 61.8 Å². The van der Waals surface area contributed by atoms with Crippen molar-refractivity contribution in [2.75, 3.05) is 0 Å². The summed E-state index contributed by atoms with van der Waals surface area (Å²) in [4.78, 5) is 0. The van der Waals surface area contributed by atoms with Crippen LogP contribution in [0.2, 0.25) is 0 Å². The second-order valence-corrected chi connectivity index (χ2v) is 2.29. The van der Waals surface area contributed by atoms with Crippen molar-refractivity contribution in [3.05, 3.63) is 61.8 Å².